The predicted octanol–water partition coefficient (Wildman–Crippen LogP) is 2.67. The number of non-ortho nitro benzene ring substituents is 1. The lowest BCUT2D eigenvalue weighted by Crippen LogP contribution is -2.27. The zero-order valence-corrected chi connectivity index (χ0v) is 15.3. The van der Waals surface area contributed by atoms with E-state index in [9.17, 15) is 23.3 Å². The summed E-state index contributed by atoms with van der Waals surface area (Å²) < 4.78 is 26.4. The highest BCUT2D eigenvalue weighted by atomic mass is 32.2. The summed E-state index contributed by atoms with van der Waals surface area (Å²) in [7, 11) is -3.50. The van der Waals surface area contributed by atoms with Gasteiger partial charge in [0.25, 0.3) is 5.69 Å². The molecule has 0 aromatic heterocycles. The van der Waals surface area contributed by atoms with Gasteiger partial charge in [0, 0.05) is 36.5 Å². The van der Waals surface area contributed by atoms with E-state index in [0.29, 0.717) is 24.3 Å². The first-order chi connectivity index (χ1) is 12.9. The molecule has 0 radical (unpaired) electrons. The van der Waals surface area contributed by atoms with Gasteiger partial charge in [-0.2, -0.15) is 4.31 Å². The molecule has 0 atom stereocenters. The van der Waals surface area contributed by atoms with E-state index in [4.69, 9.17) is 0 Å². The van der Waals surface area contributed by atoms with Crippen LogP contribution in [0.1, 0.15) is 23.2 Å². The van der Waals surface area contributed by atoms with Gasteiger partial charge in [0.2, 0.25) is 10.0 Å². The maximum absolute atomic E-state index is 12.5. The van der Waals surface area contributed by atoms with Crippen LogP contribution in [-0.2, 0) is 10.0 Å². The number of carbonyl (C=O) groups is 1. The molecule has 1 aliphatic rings. The summed E-state index contributed by atoms with van der Waals surface area (Å²) in [4.78, 5) is 22.6. The van der Waals surface area contributed by atoms with Crippen LogP contribution >= 0.6 is 0 Å². The molecule has 2 aromatic carbocycles. The van der Waals surface area contributed by atoms with E-state index in [1.165, 1.54) is 52.8 Å². The fourth-order valence-electron chi connectivity index (χ4n) is 2.88. The smallest absolute Gasteiger partial charge is 0.269 e. The topological polar surface area (TPSA) is 110 Å². The molecule has 9 heteroatoms. The quantitative estimate of drug-likeness (QED) is 0.443. The highest BCUT2D eigenvalue weighted by Crippen LogP contribution is 2.21. The normalized spacial score (nSPS) is 14.8. The monoisotopic (exact) mass is 389 g/mol. The number of carbonyl (C=O) groups excluding carboxylic acids is 1. The Morgan fingerprint density at radius 3 is 2.19 bits per heavy atom. The van der Waals surface area contributed by atoms with Crippen LogP contribution in [0.2, 0.25) is 0 Å². The number of sulfonamides is 1. The van der Waals surface area contributed by atoms with Gasteiger partial charge in [-0.05, 0) is 49.2 Å². The van der Waals surface area contributed by atoms with Gasteiger partial charge in [0.1, 0.15) is 0 Å². The number of nitrogens with one attached hydrogen (secondary N) is 1. The van der Waals surface area contributed by atoms with Crippen molar-refractivity contribution in [1.82, 2.24) is 4.31 Å². The minimum Gasteiger partial charge on any atom is -0.378 e. The SMILES string of the molecule is O=C(CNc1ccc([N+](=O)[O-])cc1)c1ccc(S(=O)(=O)N2CCCC2)cc1. The van der Waals surface area contributed by atoms with Gasteiger partial charge in [-0.25, -0.2) is 8.42 Å². The van der Waals surface area contributed by atoms with Crippen molar-refractivity contribution in [3.8, 4) is 0 Å². The number of nitro benzene ring substituents is 1. The average molecular weight is 389 g/mol. The second-order valence-corrected chi connectivity index (χ2v) is 8.15. The summed E-state index contributed by atoms with van der Waals surface area (Å²) in [5, 5.41) is 13.5. The summed E-state index contributed by atoms with van der Waals surface area (Å²) in [5.41, 5.74) is 0.952. The third kappa shape index (κ3) is 4.32. The average Bonchev–Trinajstić information content (AvgIpc) is 3.22. The van der Waals surface area contributed by atoms with E-state index in [2.05, 4.69) is 5.32 Å². The molecule has 0 saturated carbocycles. The van der Waals surface area contributed by atoms with Crippen LogP contribution in [0.5, 0.6) is 0 Å². The fourth-order valence-corrected chi connectivity index (χ4v) is 4.39. The molecule has 2 aromatic rings. The molecule has 1 heterocycles. The minimum atomic E-state index is -3.50. The summed E-state index contributed by atoms with van der Waals surface area (Å²) in [6.07, 6.45) is 1.73. The Morgan fingerprint density at radius 1 is 1.04 bits per heavy atom. The number of Topliss-reactive ketones (excluding diaryl/α,β-unsaturated/α-hetero) is 1. The van der Waals surface area contributed by atoms with E-state index in [1.807, 2.05) is 0 Å². The molecule has 27 heavy (non-hydrogen) atoms. The molecule has 0 unspecified atom stereocenters. The lowest BCUT2D eigenvalue weighted by molar-refractivity contribution is -0.384. The number of hydrogen-bond acceptors (Lipinski definition) is 6. The molecule has 3 rings (SSSR count). The van der Waals surface area contributed by atoms with Gasteiger partial charge < -0.3 is 5.32 Å². The van der Waals surface area contributed by atoms with Crippen LogP contribution in [0.4, 0.5) is 11.4 Å². The Kier molecular flexibility index (Phi) is 5.52. The molecule has 8 nitrogen and oxygen atoms in total. The predicted molar refractivity (Wildman–Crippen MR) is 100 cm³/mol. The highest BCUT2D eigenvalue weighted by Gasteiger charge is 2.27. The Morgan fingerprint density at radius 2 is 1.63 bits per heavy atom. The van der Waals surface area contributed by atoms with Crippen molar-refractivity contribution < 1.29 is 18.1 Å². The molecule has 142 valence electrons. The van der Waals surface area contributed by atoms with Crippen molar-refractivity contribution in [2.45, 2.75) is 17.7 Å². The molecular weight excluding hydrogens is 370 g/mol. The molecule has 0 spiro atoms. The van der Waals surface area contributed by atoms with Crippen molar-refractivity contribution in [2.24, 2.45) is 0 Å². The molecule has 1 aliphatic heterocycles. The van der Waals surface area contributed by atoms with E-state index < -0.39 is 14.9 Å². The molecule has 0 aliphatic carbocycles. The first-order valence-electron chi connectivity index (χ1n) is 8.50. The van der Waals surface area contributed by atoms with Gasteiger partial charge in [-0.1, -0.05) is 0 Å². The standard InChI is InChI=1S/C18H19N3O5S/c22-18(13-19-15-5-7-16(8-6-15)21(23)24)14-3-9-17(10-4-14)27(25,26)20-11-1-2-12-20/h3-10,19H,1-2,11-13H2. The lowest BCUT2D eigenvalue weighted by atomic mass is 10.1. The lowest BCUT2D eigenvalue weighted by Gasteiger charge is -2.15. The van der Waals surface area contributed by atoms with Crippen molar-refractivity contribution in [3.05, 3.63) is 64.2 Å². The molecule has 0 bridgehead atoms. The minimum absolute atomic E-state index is 0.00394. The van der Waals surface area contributed by atoms with Gasteiger partial charge in [-0.15, -0.1) is 0 Å². The maximum Gasteiger partial charge on any atom is 0.269 e. The maximum atomic E-state index is 12.5. The summed E-state index contributed by atoms with van der Waals surface area (Å²) in [5.74, 6) is -0.210. The Bertz CT molecular complexity index is 934. The summed E-state index contributed by atoms with van der Waals surface area (Å²) >= 11 is 0. The van der Waals surface area contributed by atoms with Crippen LogP contribution in [0.3, 0.4) is 0 Å². The van der Waals surface area contributed by atoms with Crippen LogP contribution in [0.15, 0.2) is 53.4 Å². The number of nitrogens with zero attached hydrogens (tertiary/aromatic N) is 2. The second kappa shape index (κ2) is 7.85. The first kappa shape index (κ1) is 19.0. The van der Waals surface area contributed by atoms with Crippen LogP contribution < -0.4 is 5.32 Å². The summed E-state index contributed by atoms with van der Waals surface area (Å²) in [6.45, 7) is 1.06. The third-order valence-corrected chi connectivity index (χ3v) is 6.32. The van der Waals surface area contributed by atoms with Gasteiger partial charge in [0.05, 0.1) is 16.4 Å². The number of anilines is 1. The number of benzene rings is 2. The van der Waals surface area contributed by atoms with Crippen LogP contribution in [-0.4, -0.2) is 43.1 Å². The number of rotatable bonds is 7. The zero-order valence-electron chi connectivity index (χ0n) is 14.5. The molecule has 1 saturated heterocycles. The Balaban J connectivity index is 1.62. The molecule has 1 N–H and O–H groups in total. The first-order valence-corrected chi connectivity index (χ1v) is 9.94. The highest BCUT2D eigenvalue weighted by molar-refractivity contribution is 7.89. The number of ketones is 1. The van der Waals surface area contributed by atoms with E-state index in [1.54, 1.807) is 0 Å². The van der Waals surface area contributed by atoms with Crippen molar-refractivity contribution in [1.29, 1.82) is 0 Å². The van der Waals surface area contributed by atoms with Crippen molar-refractivity contribution in [2.75, 3.05) is 25.0 Å². The molecular formula is C18H19N3O5S. The molecule has 1 fully saturated rings. The van der Waals surface area contributed by atoms with Crippen molar-refractivity contribution in [3.63, 3.8) is 0 Å². The third-order valence-electron chi connectivity index (χ3n) is 4.41. The fraction of sp³-hybridized carbons (Fsp3) is 0.278. The van der Waals surface area contributed by atoms with Crippen LogP contribution in [0.25, 0.3) is 0 Å². The number of nitro groups is 1. The van der Waals surface area contributed by atoms with Gasteiger partial charge >= 0.3 is 0 Å². The zero-order chi connectivity index (χ0) is 19.4. The Labute approximate surface area is 157 Å². The number of hydrogen-bond donors (Lipinski definition) is 1. The van der Waals surface area contributed by atoms with Gasteiger partial charge in [0.15, 0.2) is 5.78 Å². The Hall–Kier alpha value is -2.78. The summed E-state index contributed by atoms with van der Waals surface area (Å²) in [6, 6.07) is 11.7. The second-order valence-electron chi connectivity index (χ2n) is 6.22. The van der Waals surface area contributed by atoms with Gasteiger partial charge in [-0.3, -0.25) is 14.9 Å². The van der Waals surface area contributed by atoms with E-state index >= 15 is 0 Å². The largest absolute Gasteiger partial charge is 0.378 e. The van der Waals surface area contributed by atoms with E-state index in [0.717, 1.165) is 12.8 Å². The van der Waals surface area contributed by atoms with Crippen molar-refractivity contribution >= 4 is 27.2 Å². The van der Waals surface area contributed by atoms with Crippen LogP contribution in [0, 0.1) is 10.1 Å². The molecule has 0 amide bonds. The van der Waals surface area contributed by atoms with E-state index in [-0.39, 0.29) is 22.9 Å².